The number of phenols is 1. The Balaban J connectivity index is 3.07. The number of halogens is 1. The first-order valence-electron chi connectivity index (χ1n) is 3.76. The van der Waals surface area contributed by atoms with Gasteiger partial charge in [-0.05, 0) is 18.2 Å². The van der Waals surface area contributed by atoms with Gasteiger partial charge in [-0.1, -0.05) is 11.8 Å². The number of aromatic carboxylic acids is 1. The molecule has 14 heavy (non-hydrogen) atoms. The highest BCUT2D eigenvalue weighted by molar-refractivity contribution is 6.19. The molecule has 0 saturated carbocycles. The Labute approximate surface area is 85.9 Å². The predicted molar refractivity (Wildman–Crippen MR) is 52.7 cm³/mol. The Morgan fingerprint density at radius 1 is 1.50 bits per heavy atom. The Morgan fingerprint density at radius 2 is 2.21 bits per heavy atom. The lowest BCUT2D eigenvalue weighted by molar-refractivity contribution is 0.0696. The Morgan fingerprint density at radius 3 is 2.71 bits per heavy atom. The van der Waals surface area contributed by atoms with E-state index < -0.39 is 5.97 Å². The molecule has 0 bridgehead atoms. The second kappa shape index (κ2) is 4.54. The van der Waals surface area contributed by atoms with Gasteiger partial charge in [0.1, 0.15) is 5.75 Å². The molecule has 2 N–H and O–H groups in total. The molecule has 0 aromatic heterocycles. The van der Waals surface area contributed by atoms with Gasteiger partial charge in [0.2, 0.25) is 0 Å². The van der Waals surface area contributed by atoms with E-state index in [0.717, 1.165) is 6.07 Å². The number of hydrogen-bond acceptors (Lipinski definition) is 2. The van der Waals surface area contributed by atoms with Crippen molar-refractivity contribution >= 4 is 17.6 Å². The molecule has 0 atom stereocenters. The average Bonchev–Trinajstić information content (AvgIpc) is 2.15. The highest BCUT2D eigenvalue weighted by Crippen LogP contribution is 2.17. The number of carboxylic acids is 1. The van der Waals surface area contributed by atoms with Crippen molar-refractivity contribution in [2.24, 2.45) is 0 Å². The van der Waals surface area contributed by atoms with Gasteiger partial charge in [-0.3, -0.25) is 0 Å². The lowest BCUT2D eigenvalue weighted by atomic mass is 10.1. The normalized spacial score (nSPS) is 8.93. The van der Waals surface area contributed by atoms with Crippen molar-refractivity contribution in [2.45, 2.75) is 0 Å². The van der Waals surface area contributed by atoms with Gasteiger partial charge in [-0.25, -0.2) is 4.79 Å². The number of phenolic OH excluding ortho intramolecular Hbond substituents is 1. The minimum atomic E-state index is -1.09. The molecule has 0 spiro atoms. The van der Waals surface area contributed by atoms with E-state index in [1.807, 2.05) is 0 Å². The van der Waals surface area contributed by atoms with Crippen LogP contribution < -0.4 is 0 Å². The van der Waals surface area contributed by atoms with Crippen LogP contribution in [0.1, 0.15) is 15.9 Å². The van der Waals surface area contributed by atoms with Crippen molar-refractivity contribution in [3.8, 4) is 17.6 Å². The highest BCUT2D eigenvalue weighted by atomic mass is 35.5. The van der Waals surface area contributed by atoms with Gasteiger partial charge in [-0.2, -0.15) is 0 Å². The Bertz CT molecular complexity index is 415. The quantitative estimate of drug-likeness (QED) is 0.548. The van der Waals surface area contributed by atoms with Gasteiger partial charge in [0.25, 0.3) is 0 Å². The maximum atomic E-state index is 10.5. The van der Waals surface area contributed by atoms with E-state index in [4.69, 9.17) is 16.7 Å². The van der Waals surface area contributed by atoms with Gasteiger partial charge >= 0.3 is 5.97 Å². The fourth-order valence-corrected chi connectivity index (χ4v) is 0.966. The minimum Gasteiger partial charge on any atom is -0.507 e. The van der Waals surface area contributed by atoms with Crippen LogP contribution in [0, 0.1) is 11.8 Å². The molecule has 0 amide bonds. The van der Waals surface area contributed by atoms with E-state index >= 15 is 0 Å². The van der Waals surface area contributed by atoms with E-state index in [0.29, 0.717) is 5.56 Å². The molecule has 0 unspecified atom stereocenters. The second-order valence-electron chi connectivity index (χ2n) is 2.47. The number of benzene rings is 1. The van der Waals surface area contributed by atoms with Crippen LogP contribution in [-0.4, -0.2) is 22.1 Å². The maximum Gasteiger partial charge on any atom is 0.335 e. The van der Waals surface area contributed by atoms with E-state index in [9.17, 15) is 9.90 Å². The molecule has 0 aliphatic heterocycles. The van der Waals surface area contributed by atoms with Crippen LogP contribution in [0.25, 0.3) is 0 Å². The third kappa shape index (κ3) is 2.41. The molecule has 0 fully saturated rings. The monoisotopic (exact) mass is 210 g/mol. The molecule has 0 aliphatic carbocycles. The van der Waals surface area contributed by atoms with Crippen LogP contribution in [0.2, 0.25) is 0 Å². The van der Waals surface area contributed by atoms with Gasteiger partial charge in [0, 0.05) is 0 Å². The fraction of sp³-hybridized carbons (Fsp3) is 0.100. The summed E-state index contributed by atoms with van der Waals surface area (Å²) in [7, 11) is 0. The topological polar surface area (TPSA) is 57.5 Å². The molecule has 1 aromatic carbocycles. The molecule has 72 valence electrons. The molecule has 1 aromatic rings. The first-order valence-corrected chi connectivity index (χ1v) is 4.29. The molecule has 0 radical (unpaired) electrons. The summed E-state index contributed by atoms with van der Waals surface area (Å²) in [5.74, 6) is 4.10. The highest BCUT2D eigenvalue weighted by Gasteiger charge is 2.05. The van der Waals surface area contributed by atoms with E-state index in [1.54, 1.807) is 0 Å². The summed E-state index contributed by atoms with van der Waals surface area (Å²) in [5, 5.41) is 18.0. The van der Waals surface area contributed by atoms with Crippen LogP contribution >= 0.6 is 11.6 Å². The summed E-state index contributed by atoms with van der Waals surface area (Å²) in [5.41, 5.74) is 0.398. The predicted octanol–water partition coefficient (Wildman–Crippen LogP) is 1.68. The van der Waals surface area contributed by atoms with Crippen LogP contribution in [0.4, 0.5) is 0 Å². The van der Waals surface area contributed by atoms with E-state index in [-0.39, 0.29) is 17.2 Å². The second-order valence-corrected chi connectivity index (χ2v) is 2.74. The summed E-state index contributed by atoms with van der Waals surface area (Å²) in [6, 6.07) is 3.97. The number of carbonyl (C=O) groups is 1. The van der Waals surface area contributed by atoms with Crippen molar-refractivity contribution < 1.29 is 15.0 Å². The largest absolute Gasteiger partial charge is 0.507 e. The van der Waals surface area contributed by atoms with Gasteiger partial charge in [-0.15, -0.1) is 11.6 Å². The van der Waals surface area contributed by atoms with Crippen LogP contribution in [0.3, 0.4) is 0 Å². The summed E-state index contributed by atoms with van der Waals surface area (Å²) in [6.45, 7) is 0. The first kappa shape index (κ1) is 10.4. The van der Waals surface area contributed by atoms with Crippen molar-refractivity contribution in [2.75, 3.05) is 5.88 Å². The Kier molecular flexibility index (Phi) is 3.38. The summed E-state index contributed by atoms with van der Waals surface area (Å²) < 4.78 is 0. The zero-order valence-electron chi connectivity index (χ0n) is 7.12. The van der Waals surface area contributed by atoms with Crippen LogP contribution in [-0.2, 0) is 0 Å². The molecular weight excluding hydrogens is 204 g/mol. The first-order chi connectivity index (χ1) is 6.65. The van der Waals surface area contributed by atoms with Crippen molar-refractivity contribution in [1.29, 1.82) is 0 Å². The molecule has 4 heteroatoms. The average molecular weight is 211 g/mol. The lowest BCUT2D eigenvalue weighted by Gasteiger charge is -1.98. The number of hydrogen-bond donors (Lipinski definition) is 2. The van der Waals surface area contributed by atoms with Crippen LogP contribution in [0.15, 0.2) is 18.2 Å². The Hall–Kier alpha value is -1.66. The third-order valence-corrected chi connectivity index (χ3v) is 1.67. The number of carboxylic acid groups (broad SMARTS) is 1. The summed E-state index contributed by atoms with van der Waals surface area (Å²) >= 11 is 5.34. The standard InChI is InChI=1S/C10H7ClO3/c11-5-1-2-7-3-4-8(10(13)14)6-9(7)12/h3-4,6,12H,5H2,(H,13,14). The molecule has 0 saturated heterocycles. The van der Waals surface area contributed by atoms with Gasteiger partial charge in [0.05, 0.1) is 17.0 Å². The zero-order valence-corrected chi connectivity index (χ0v) is 7.88. The van der Waals surface area contributed by atoms with Crippen LogP contribution in [0.5, 0.6) is 5.75 Å². The lowest BCUT2D eigenvalue weighted by Crippen LogP contribution is -1.95. The number of alkyl halides is 1. The maximum absolute atomic E-state index is 10.5. The summed E-state index contributed by atoms with van der Waals surface area (Å²) in [4.78, 5) is 10.5. The van der Waals surface area contributed by atoms with Gasteiger partial charge < -0.3 is 10.2 Å². The summed E-state index contributed by atoms with van der Waals surface area (Å²) in [6.07, 6.45) is 0. The minimum absolute atomic E-state index is 0.0268. The third-order valence-electron chi connectivity index (χ3n) is 1.53. The van der Waals surface area contributed by atoms with Crippen molar-refractivity contribution in [3.05, 3.63) is 29.3 Å². The van der Waals surface area contributed by atoms with Crippen molar-refractivity contribution in [1.82, 2.24) is 0 Å². The molecule has 0 aliphatic rings. The van der Waals surface area contributed by atoms with Gasteiger partial charge in [0.15, 0.2) is 0 Å². The molecule has 3 nitrogen and oxygen atoms in total. The van der Waals surface area contributed by atoms with Crippen molar-refractivity contribution in [3.63, 3.8) is 0 Å². The van der Waals surface area contributed by atoms with E-state index in [2.05, 4.69) is 11.8 Å². The number of aromatic hydroxyl groups is 1. The smallest absolute Gasteiger partial charge is 0.335 e. The molecular formula is C10H7ClO3. The fourth-order valence-electron chi connectivity index (χ4n) is 0.899. The van der Waals surface area contributed by atoms with E-state index in [1.165, 1.54) is 12.1 Å². The number of rotatable bonds is 1. The molecule has 1 rings (SSSR count). The zero-order chi connectivity index (χ0) is 10.6. The SMILES string of the molecule is O=C(O)c1ccc(C#CCCl)c(O)c1. The molecule has 0 heterocycles.